The fourth-order valence-corrected chi connectivity index (χ4v) is 0.365. The molecular weight excluding hydrogens is 124 g/mol. The highest BCUT2D eigenvalue weighted by atomic mass is 35.5. The summed E-state index contributed by atoms with van der Waals surface area (Å²) in [5, 5.41) is 0. The highest BCUT2D eigenvalue weighted by Crippen LogP contribution is 1.91. The molecule has 0 fully saturated rings. The van der Waals surface area contributed by atoms with E-state index in [1.807, 2.05) is 0 Å². The number of rotatable bonds is 3. The first-order chi connectivity index (χ1) is 3.41. The number of allylic oxidation sites excluding steroid dienone is 1. The summed E-state index contributed by atoms with van der Waals surface area (Å²) in [6.45, 7) is 2.10. The molecule has 0 amide bonds. The van der Waals surface area contributed by atoms with Gasteiger partial charge in [0.1, 0.15) is 5.94 Å². The summed E-state index contributed by atoms with van der Waals surface area (Å²) in [5.41, 5.74) is 0. The summed E-state index contributed by atoms with van der Waals surface area (Å²) in [6.07, 6.45) is 4.68. The van der Waals surface area contributed by atoms with Gasteiger partial charge in [-0.15, -0.1) is 12.4 Å². The average molecular weight is 135 g/mol. The van der Waals surface area contributed by atoms with Gasteiger partial charge in [0, 0.05) is 0 Å². The number of unbranched alkanes of at least 4 members (excludes halogenated alkanes) is 2. The van der Waals surface area contributed by atoms with Crippen LogP contribution in [-0.2, 0) is 4.79 Å². The van der Waals surface area contributed by atoms with Crippen LogP contribution in [0.5, 0.6) is 0 Å². The molecule has 0 aromatic rings. The normalized spacial score (nSPS) is 6.62. The van der Waals surface area contributed by atoms with Crippen molar-refractivity contribution in [3.63, 3.8) is 0 Å². The first-order valence-electron chi connectivity index (χ1n) is 2.61. The van der Waals surface area contributed by atoms with Crippen LogP contribution in [0.4, 0.5) is 0 Å². The molecule has 0 aliphatic carbocycles. The Hall–Kier alpha value is -0.260. The second kappa shape index (κ2) is 9.88. The lowest BCUT2D eigenvalue weighted by molar-refractivity contribution is 0.567. The molecule has 48 valence electrons. The summed E-state index contributed by atoms with van der Waals surface area (Å²) >= 11 is 0. The molecule has 0 radical (unpaired) electrons. The molecule has 0 unspecified atom stereocenters. The Balaban J connectivity index is 0. The molecule has 0 aromatic carbocycles. The Labute approximate surface area is 56.2 Å². The number of halogens is 1. The van der Waals surface area contributed by atoms with Crippen LogP contribution >= 0.6 is 12.4 Å². The third kappa shape index (κ3) is 9.22. The van der Waals surface area contributed by atoms with E-state index >= 15 is 0 Å². The van der Waals surface area contributed by atoms with E-state index < -0.39 is 0 Å². The first-order valence-corrected chi connectivity index (χ1v) is 2.61. The van der Waals surface area contributed by atoms with Gasteiger partial charge in [-0.2, -0.15) is 0 Å². The molecule has 8 heavy (non-hydrogen) atoms. The summed E-state index contributed by atoms with van der Waals surface area (Å²) < 4.78 is 0. The Morgan fingerprint density at radius 3 is 2.62 bits per heavy atom. The average Bonchev–Trinajstić information content (AvgIpc) is 1.69. The first kappa shape index (κ1) is 10.7. The number of carbonyl (C=O) groups excluding carboxylic acids is 1. The lowest BCUT2D eigenvalue weighted by atomic mass is 10.2. The van der Waals surface area contributed by atoms with Crippen molar-refractivity contribution in [3.8, 4) is 0 Å². The summed E-state index contributed by atoms with van der Waals surface area (Å²) in [5.74, 6) is 1.73. The SMILES string of the molecule is CCCCC=C=O.Cl. The molecule has 1 nitrogen and oxygen atoms in total. The van der Waals surface area contributed by atoms with E-state index in [9.17, 15) is 4.79 Å². The molecule has 0 saturated heterocycles. The maximum Gasteiger partial charge on any atom is 0.120 e. The van der Waals surface area contributed by atoms with Crippen LogP contribution < -0.4 is 0 Å². The van der Waals surface area contributed by atoms with Gasteiger partial charge in [0.2, 0.25) is 0 Å². The minimum absolute atomic E-state index is 0. The second-order valence-corrected chi connectivity index (χ2v) is 1.46. The lowest BCUT2D eigenvalue weighted by Gasteiger charge is -1.80. The zero-order chi connectivity index (χ0) is 5.54. The molecule has 0 aromatic heterocycles. The van der Waals surface area contributed by atoms with Crippen molar-refractivity contribution in [2.45, 2.75) is 26.2 Å². The van der Waals surface area contributed by atoms with Gasteiger partial charge in [-0.25, -0.2) is 4.79 Å². The molecule has 0 saturated carbocycles. The van der Waals surface area contributed by atoms with Crippen LogP contribution in [0.1, 0.15) is 26.2 Å². The zero-order valence-electron chi connectivity index (χ0n) is 5.02. The number of hydrogen-bond donors (Lipinski definition) is 0. The van der Waals surface area contributed by atoms with Crippen molar-refractivity contribution >= 4 is 18.3 Å². The quantitative estimate of drug-likeness (QED) is 0.426. The summed E-state index contributed by atoms with van der Waals surface area (Å²) in [4.78, 5) is 9.50. The molecule has 0 bridgehead atoms. The van der Waals surface area contributed by atoms with Gasteiger partial charge >= 0.3 is 0 Å². The van der Waals surface area contributed by atoms with E-state index in [4.69, 9.17) is 0 Å². The predicted molar refractivity (Wildman–Crippen MR) is 37.0 cm³/mol. The molecular formula is C6H11ClO. The van der Waals surface area contributed by atoms with E-state index in [1.54, 1.807) is 5.94 Å². The van der Waals surface area contributed by atoms with E-state index in [1.165, 1.54) is 6.08 Å². The molecule has 0 heterocycles. The topological polar surface area (TPSA) is 17.1 Å². The highest BCUT2D eigenvalue weighted by molar-refractivity contribution is 5.85. The Kier molecular flexibility index (Phi) is 13.2. The number of hydrogen-bond acceptors (Lipinski definition) is 1. The maximum atomic E-state index is 9.50. The molecule has 2 heteroatoms. The van der Waals surface area contributed by atoms with Gasteiger partial charge in [-0.05, 0) is 18.9 Å². The zero-order valence-corrected chi connectivity index (χ0v) is 5.83. The largest absolute Gasteiger partial charge is 0.234 e. The van der Waals surface area contributed by atoms with E-state index in [-0.39, 0.29) is 12.4 Å². The van der Waals surface area contributed by atoms with Crippen molar-refractivity contribution in [2.24, 2.45) is 0 Å². The summed E-state index contributed by atoms with van der Waals surface area (Å²) in [6, 6.07) is 0. The minimum Gasteiger partial charge on any atom is -0.234 e. The van der Waals surface area contributed by atoms with Crippen LogP contribution in [0.2, 0.25) is 0 Å². The maximum absolute atomic E-state index is 9.50. The predicted octanol–water partition coefficient (Wildman–Crippen LogP) is 1.99. The molecule has 0 aliphatic heterocycles. The molecule has 0 spiro atoms. The monoisotopic (exact) mass is 134 g/mol. The van der Waals surface area contributed by atoms with Gasteiger partial charge < -0.3 is 0 Å². The highest BCUT2D eigenvalue weighted by Gasteiger charge is 1.74. The van der Waals surface area contributed by atoms with Crippen molar-refractivity contribution in [1.82, 2.24) is 0 Å². The molecule has 0 rings (SSSR count). The Bertz CT molecular complexity index is 74.6. The fraction of sp³-hybridized carbons (Fsp3) is 0.667. The fourth-order valence-electron chi connectivity index (χ4n) is 0.365. The molecule has 0 aliphatic rings. The summed E-state index contributed by atoms with van der Waals surface area (Å²) in [7, 11) is 0. The van der Waals surface area contributed by atoms with Crippen molar-refractivity contribution in [2.75, 3.05) is 0 Å². The van der Waals surface area contributed by atoms with Crippen LogP contribution in [0.3, 0.4) is 0 Å². The van der Waals surface area contributed by atoms with E-state index in [0.717, 1.165) is 19.3 Å². The third-order valence-corrected chi connectivity index (χ3v) is 0.785. The van der Waals surface area contributed by atoms with Crippen molar-refractivity contribution < 1.29 is 4.79 Å². The van der Waals surface area contributed by atoms with Crippen LogP contribution in [0.15, 0.2) is 6.08 Å². The lowest BCUT2D eigenvalue weighted by Crippen LogP contribution is -1.64. The smallest absolute Gasteiger partial charge is 0.120 e. The van der Waals surface area contributed by atoms with Crippen molar-refractivity contribution in [1.29, 1.82) is 0 Å². The van der Waals surface area contributed by atoms with E-state index in [2.05, 4.69) is 6.92 Å². The van der Waals surface area contributed by atoms with Gasteiger partial charge in [0.25, 0.3) is 0 Å². The molecule has 0 atom stereocenters. The Morgan fingerprint density at radius 1 is 1.62 bits per heavy atom. The minimum atomic E-state index is 0. The van der Waals surface area contributed by atoms with E-state index in [0.29, 0.717) is 0 Å². The van der Waals surface area contributed by atoms with Gasteiger partial charge in [-0.3, -0.25) is 0 Å². The standard InChI is InChI=1S/C6H10O.ClH/c1-2-3-4-5-6-7;/h5H,2-4H2,1H3;1H. The third-order valence-electron chi connectivity index (χ3n) is 0.785. The van der Waals surface area contributed by atoms with Crippen LogP contribution in [0, 0.1) is 0 Å². The van der Waals surface area contributed by atoms with Crippen LogP contribution in [0.25, 0.3) is 0 Å². The van der Waals surface area contributed by atoms with Crippen molar-refractivity contribution in [3.05, 3.63) is 6.08 Å². The van der Waals surface area contributed by atoms with Crippen LogP contribution in [-0.4, -0.2) is 5.94 Å². The second-order valence-electron chi connectivity index (χ2n) is 1.46. The molecule has 0 N–H and O–H groups in total. The van der Waals surface area contributed by atoms with Gasteiger partial charge in [0.15, 0.2) is 0 Å². The van der Waals surface area contributed by atoms with Gasteiger partial charge in [-0.1, -0.05) is 13.3 Å². The van der Waals surface area contributed by atoms with Gasteiger partial charge in [0.05, 0.1) is 0 Å². The Morgan fingerprint density at radius 2 is 2.25 bits per heavy atom.